The zero-order valence-electron chi connectivity index (χ0n) is 14.2. The van der Waals surface area contributed by atoms with Gasteiger partial charge < -0.3 is 19.7 Å². The molecule has 0 spiro atoms. The van der Waals surface area contributed by atoms with Crippen molar-refractivity contribution >= 4 is 15.9 Å². The fraction of sp³-hybridized carbons (Fsp3) is 0.562. The lowest BCUT2D eigenvalue weighted by atomic mass is 10.2. The molecule has 1 heterocycles. The quantitative estimate of drug-likeness (QED) is 0.775. The SMILES string of the molecule is COc1cc(C)ccc1OCCNC(=O)N(C)C1CCS(=O)(=O)C1. The molecule has 0 aromatic heterocycles. The second-order valence-electron chi connectivity index (χ2n) is 5.90. The number of sulfone groups is 1. The number of ether oxygens (including phenoxy) is 2. The Hall–Kier alpha value is -1.96. The predicted molar refractivity (Wildman–Crippen MR) is 91.4 cm³/mol. The summed E-state index contributed by atoms with van der Waals surface area (Å²) in [5, 5.41) is 2.73. The Morgan fingerprint density at radius 3 is 2.75 bits per heavy atom. The topological polar surface area (TPSA) is 84.9 Å². The van der Waals surface area contributed by atoms with Crippen LogP contribution >= 0.6 is 0 Å². The first-order valence-electron chi connectivity index (χ1n) is 7.81. The summed E-state index contributed by atoms with van der Waals surface area (Å²) in [6.45, 7) is 2.58. The first-order chi connectivity index (χ1) is 11.3. The van der Waals surface area contributed by atoms with Gasteiger partial charge in [-0.25, -0.2) is 13.2 Å². The molecule has 7 nitrogen and oxygen atoms in total. The van der Waals surface area contributed by atoms with Crippen LogP contribution in [0.2, 0.25) is 0 Å². The molecule has 0 radical (unpaired) electrons. The summed E-state index contributed by atoms with van der Waals surface area (Å²) in [6, 6.07) is 5.07. The van der Waals surface area contributed by atoms with Crippen LogP contribution in [0.1, 0.15) is 12.0 Å². The summed E-state index contributed by atoms with van der Waals surface area (Å²) in [6.07, 6.45) is 0.489. The van der Waals surface area contributed by atoms with Crippen molar-refractivity contribution in [2.45, 2.75) is 19.4 Å². The van der Waals surface area contributed by atoms with E-state index in [2.05, 4.69) is 5.32 Å². The highest BCUT2D eigenvalue weighted by Crippen LogP contribution is 2.27. The average Bonchev–Trinajstić information content (AvgIpc) is 2.91. The van der Waals surface area contributed by atoms with E-state index in [9.17, 15) is 13.2 Å². The largest absolute Gasteiger partial charge is 0.493 e. The number of rotatable bonds is 6. The van der Waals surface area contributed by atoms with Crippen LogP contribution in [-0.2, 0) is 9.84 Å². The smallest absolute Gasteiger partial charge is 0.317 e. The molecule has 1 aliphatic heterocycles. The Bertz CT molecular complexity index is 690. The maximum Gasteiger partial charge on any atom is 0.317 e. The minimum Gasteiger partial charge on any atom is -0.493 e. The van der Waals surface area contributed by atoms with Gasteiger partial charge in [-0.1, -0.05) is 6.07 Å². The Morgan fingerprint density at radius 1 is 1.38 bits per heavy atom. The zero-order chi connectivity index (χ0) is 17.7. The highest BCUT2D eigenvalue weighted by Gasteiger charge is 2.32. The Kier molecular flexibility index (Phi) is 5.93. The third kappa shape index (κ3) is 4.77. The molecule has 1 atom stereocenters. The first kappa shape index (κ1) is 18.4. The van der Waals surface area contributed by atoms with Crippen molar-refractivity contribution in [2.24, 2.45) is 0 Å². The Balaban J connectivity index is 1.77. The van der Waals surface area contributed by atoms with Crippen molar-refractivity contribution in [3.63, 3.8) is 0 Å². The lowest BCUT2D eigenvalue weighted by molar-refractivity contribution is 0.192. The van der Waals surface area contributed by atoms with E-state index in [1.807, 2.05) is 25.1 Å². The summed E-state index contributed by atoms with van der Waals surface area (Å²) in [4.78, 5) is 13.5. The molecule has 0 bridgehead atoms. The molecule has 1 fully saturated rings. The van der Waals surface area contributed by atoms with Crippen LogP contribution in [0.15, 0.2) is 18.2 Å². The molecule has 1 unspecified atom stereocenters. The van der Waals surface area contributed by atoms with Gasteiger partial charge in [0, 0.05) is 13.1 Å². The van der Waals surface area contributed by atoms with E-state index in [-0.39, 0.29) is 23.6 Å². The van der Waals surface area contributed by atoms with Crippen molar-refractivity contribution in [3.05, 3.63) is 23.8 Å². The molecule has 1 aliphatic rings. The van der Waals surface area contributed by atoms with E-state index in [0.29, 0.717) is 31.1 Å². The molecule has 1 saturated heterocycles. The third-order valence-electron chi connectivity index (χ3n) is 4.03. The molecule has 2 amide bonds. The zero-order valence-corrected chi connectivity index (χ0v) is 15.1. The molecule has 8 heteroatoms. The van der Waals surface area contributed by atoms with Crippen LogP contribution in [0.4, 0.5) is 4.79 Å². The van der Waals surface area contributed by atoms with E-state index >= 15 is 0 Å². The number of aryl methyl sites for hydroxylation is 1. The van der Waals surface area contributed by atoms with Crippen molar-refractivity contribution in [3.8, 4) is 11.5 Å². The van der Waals surface area contributed by atoms with Gasteiger partial charge in [-0.05, 0) is 31.0 Å². The van der Waals surface area contributed by atoms with Gasteiger partial charge in [0.2, 0.25) is 0 Å². The van der Waals surface area contributed by atoms with E-state index in [0.717, 1.165) is 5.56 Å². The second kappa shape index (κ2) is 7.74. The Morgan fingerprint density at radius 2 is 2.12 bits per heavy atom. The summed E-state index contributed by atoms with van der Waals surface area (Å²) in [7, 11) is 0.186. The second-order valence-corrected chi connectivity index (χ2v) is 8.13. The number of amides is 2. The van der Waals surface area contributed by atoms with Gasteiger partial charge in [-0.3, -0.25) is 0 Å². The van der Waals surface area contributed by atoms with E-state index in [1.54, 1.807) is 14.2 Å². The van der Waals surface area contributed by atoms with Gasteiger partial charge >= 0.3 is 6.03 Å². The van der Waals surface area contributed by atoms with Crippen molar-refractivity contribution in [1.29, 1.82) is 0 Å². The number of hydrogen-bond acceptors (Lipinski definition) is 5. The third-order valence-corrected chi connectivity index (χ3v) is 5.78. The normalized spacial score (nSPS) is 18.9. The summed E-state index contributed by atoms with van der Waals surface area (Å²) >= 11 is 0. The molecule has 1 N–H and O–H groups in total. The lowest BCUT2D eigenvalue weighted by Gasteiger charge is -2.23. The van der Waals surface area contributed by atoms with Crippen LogP contribution in [0.3, 0.4) is 0 Å². The molecule has 1 aromatic rings. The van der Waals surface area contributed by atoms with E-state index in [1.165, 1.54) is 4.90 Å². The summed E-state index contributed by atoms with van der Waals surface area (Å²) in [5.41, 5.74) is 1.07. The molecule has 134 valence electrons. The van der Waals surface area contributed by atoms with Gasteiger partial charge in [0.05, 0.1) is 25.2 Å². The minimum atomic E-state index is -3.01. The van der Waals surface area contributed by atoms with Crippen LogP contribution in [0, 0.1) is 6.92 Å². The van der Waals surface area contributed by atoms with E-state index in [4.69, 9.17) is 9.47 Å². The number of methoxy groups -OCH3 is 1. The first-order valence-corrected chi connectivity index (χ1v) is 9.63. The number of hydrogen-bond donors (Lipinski definition) is 1. The fourth-order valence-corrected chi connectivity index (χ4v) is 4.36. The highest BCUT2D eigenvalue weighted by molar-refractivity contribution is 7.91. The van der Waals surface area contributed by atoms with Gasteiger partial charge in [-0.15, -0.1) is 0 Å². The molecule has 24 heavy (non-hydrogen) atoms. The number of nitrogens with zero attached hydrogens (tertiary/aromatic N) is 1. The van der Waals surface area contributed by atoms with Gasteiger partial charge in [-0.2, -0.15) is 0 Å². The molecule has 0 saturated carbocycles. The molecular weight excluding hydrogens is 332 g/mol. The molecule has 1 aromatic carbocycles. The summed E-state index contributed by atoms with van der Waals surface area (Å²) < 4.78 is 33.8. The minimum absolute atomic E-state index is 0.0357. The van der Waals surface area contributed by atoms with Gasteiger partial charge in [0.15, 0.2) is 21.3 Å². The number of carbonyl (C=O) groups excluding carboxylic acids is 1. The standard InChI is InChI=1S/C16H24N2O5S/c1-12-4-5-14(15(10-12)22-3)23-8-7-17-16(19)18(2)13-6-9-24(20,21)11-13/h4-5,10,13H,6-9,11H2,1-3H3,(H,17,19). The average molecular weight is 356 g/mol. The van der Waals surface area contributed by atoms with E-state index < -0.39 is 9.84 Å². The number of urea groups is 1. The predicted octanol–water partition coefficient (Wildman–Crippen LogP) is 1.21. The molecule has 0 aliphatic carbocycles. The van der Waals surface area contributed by atoms with Gasteiger partial charge in [0.25, 0.3) is 0 Å². The van der Waals surface area contributed by atoms with Crippen LogP contribution in [0.5, 0.6) is 11.5 Å². The Labute approximate surface area is 142 Å². The van der Waals surface area contributed by atoms with Crippen LogP contribution < -0.4 is 14.8 Å². The lowest BCUT2D eigenvalue weighted by Crippen LogP contribution is -2.45. The van der Waals surface area contributed by atoms with Crippen molar-refractivity contribution in [1.82, 2.24) is 10.2 Å². The maximum absolute atomic E-state index is 12.1. The van der Waals surface area contributed by atoms with Crippen LogP contribution in [-0.4, -0.2) is 64.2 Å². The monoisotopic (exact) mass is 356 g/mol. The van der Waals surface area contributed by atoms with Crippen molar-refractivity contribution < 1.29 is 22.7 Å². The molecular formula is C16H24N2O5S. The fourth-order valence-electron chi connectivity index (χ4n) is 2.58. The number of benzene rings is 1. The maximum atomic E-state index is 12.1. The number of carbonyl (C=O) groups is 1. The highest BCUT2D eigenvalue weighted by atomic mass is 32.2. The van der Waals surface area contributed by atoms with Gasteiger partial charge in [0.1, 0.15) is 6.61 Å². The number of nitrogens with one attached hydrogen (secondary N) is 1. The van der Waals surface area contributed by atoms with Crippen molar-refractivity contribution in [2.75, 3.05) is 38.8 Å². The van der Waals surface area contributed by atoms with Crippen LogP contribution in [0.25, 0.3) is 0 Å². The summed E-state index contributed by atoms with van der Waals surface area (Å²) in [5.74, 6) is 1.45. The molecule has 2 rings (SSSR count).